The van der Waals surface area contributed by atoms with E-state index in [0.717, 1.165) is 17.7 Å². The Bertz CT molecular complexity index is 673. The quantitative estimate of drug-likeness (QED) is 0.865. The fourth-order valence-electron chi connectivity index (χ4n) is 2.54. The Morgan fingerprint density at radius 1 is 1.10 bits per heavy atom. The monoisotopic (exact) mass is 289 g/mol. The van der Waals surface area contributed by atoms with Gasteiger partial charge in [0.1, 0.15) is 5.75 Å². The number of nitrogens with zero attached hydrogens (tertiary/aromatic N) is 1. The third-order valence-electron chi connectivity index (χ3n) is 3.47. The second kappa shape index (κ2) is 5.52. The number of alkyl halides is 2. The Morgan fingerprint density at radius 3 is 2.62 bits per heavy atom. The summed E-state index contributed by atoms with van der Waals surface area (Å²) < 4.78 is 29.3. The largest absolute Gasteiger partial charge is 0.434 e. The molecule has 1 aliphatic heterocycles. The molecule has 3 rings (SSSR count). The molecule has 0 N–H and O–H groups in total. The van der Waals surface area contributed by atoms with Crippen LogP contribution in [0.25, 0.3) is 0 Å². The zero-order valence-corrected chi connectivity index (χ0v) is 11.1. The number of halogens is 2. The molecule has 0 bridgehead atoms. The van der Waals surface area contributed by atoms with Gasteiger partial charge in [-0.15, -0.1) is 0 Å². The van der Waals surface area contributed by atoms with Crippen molar-refractivity contribution in [3.05, 3.63) is 59.7 Å². The molecule has 0 saturated carbocycles. The third-order valence-corrected chi connectivity index (χ3v) is 3.47. The minimum Gasteiger partial charge on any atom is -0.434 e. The van der Waals surface area contributed by atoms with Crippen molar-refractivity contribution in [1.29, 1.82) is 0 Å². The van der Waals surface area contributed by atoms with Crippen molar-refractivity contribution in [3.8, 4) is 5.75 Å². The zero-order chi connectivity index (χ0) is 14.8. The molecule has 0 fully saturated rings. The third kappa shape index (κ3) is 2.59. The molecule has 0 aliphatic carbocycles. The molecule has 5 heteroatoms. The van der Waals surface area contributed by atoms with E-state index in [-0.39, 0.29) is 17.2 Å². The van der Waals surface area contributed by atoms with Gasteiger partial charge < -0.3 is 9.64 Å². The summed E-state index contributed by atoms with van der Waals surface area (Å²) in [5.74, 6) is -0.418. The van der Waals surface area contributed by atoms with Gasteiger partial charge in [-0.25, -0.2) is 0 Å². The van der Waals surface area contributed by atoms with Crippen molar-refractivity contribution in [2.45, 2.75) is 13.0 Å². The Balaban J connectivity index is 1.94. The first-order chi connectivity index (χ1) is 10.2. The van der Waals surface area contributed by atoms with Crippen molar-refractivity contribution in [3.63, 3.8) is 0 Å². The average molecular weight is 289 g/mol. The van der Waals surface area contributed by atoms with Crippen molar-refractivity contribution in [1.82, 2.24) is 0 Å². The number of carbonyl (C=O) groups excluding carboxylic acids is 1. The smallest absolute Gasteiger partial charge is 0.387 e. The Labute approximate surface area is 120 Å². The van der Waals surface area contributed by atoms with E-state index in [9.17, 15) is 13.6 Å². The predicted octanol–water partition coefficient (Wildman–Crippen LogP) is 3.49. The number of amides is 1. The standard InChI is InChI=1S/C16H13F2NO2/c17-16(18)21-14-8-4-2-6-12(14)15(20)19-10-9-11-5-1-3-7-13(11)19/h1-8,16H,9-10H2. The summed E-state index contributed by atoms with van der Waals surface area (Å²) in [6, 6.07) is 13.7. The summed E-state index contributed by atoms with van der Waals surface area (Å²) in [6.07, 6.45) is 0.764. The number of fused-ring (bicyclic) bond motifs is 1. The van der Waals surface area contributed by atoms with Gasteiger partial charge in [0.15, 0.2) is 0 Å². The highest BCUT2D eigenvalue weighted by molar-refractivity contribution is 6.08. The topological polar surface area (TPSA) is 29.5 Å². The molecular formula is C16H13F2NO2. The van der Waals surface area contributed by atoms with Gasteiger partial charge in [-0.2, -0.15) is 8.78 Å². The van der Waals surface area contributed by atoms with Crippen molar-refractivity contribution >= 4 is 11.6 Å². The van der Waals surface area contributed by atoms with Gasteiger partial charge in [-0.05, 0) is 30.2 Å². The highest BCUT2D eigenvalue weighted by Gasteiger charge is 2.27. The van der Waals surface area contributed by atoms with E-state index in [2.05, 4.69) is 4.74 Å². The molecule has 1 aliphatic rings. The number of carbonyl (C=O) groups is 1. The minimum absolute atomic E-state index is 0.0955. The normalized spacial score (nSPS) is 13.4. The highest BCUT2D eigenvalue weighted by atomic mass is 19.3. The number of benzene rings is 2. The Hall–Kier alpha value is -2.43. The van der Waals surface area contributed by atoms with Crippen LogP contribution in [-0.4, -0.2) is 19.1 Å². The van der Waals surface area contributed by atoms with E-state index >= 15 is 0 Å². The van der Waals surface area contributed by atoms with Crippen LogP contribution >= 0.6 is 0 Å². The van der Waals surface area contributed by atoms with Gasteiger partial charge in [0.25, 0.3) is 5.91 Å². The molecular weight excluding hydrogens is 276 g/mol. The van der Waals surface area contributed by atoms with Gasteiger partial charge in [0.2, 0.25) is 0 Å². The predicted molar refractivity (Wildman–Crippen MR) is 74.9 cm³/mol. The summed E-state index contributed by atoms with van der Waals surface area (Å²) in [4.78, 5) is 14.2. The molecule has 2 aromatic carbocycles. The summed E-state index contributed by atoms with van der Waals surface area (Å²) in [6.45, 7) is -2.41. The highest BCUT2D eigenvalue weighted by Crippen LogP contribution is 2.31. The lowest BCUT2D eigenvalue weighted by molar-refractivity contribution is -0.0501. The van der Waals surface area contributed by atoms with E-state index in [1.54, 1.807) is 17.0 Å². The molecule has 2 aromatic rings. The maximum absolute atomic E-state index is 12.6. The molecule has 0 spiro atoms. The molecule has 108 valence electrons. The van der Waals surface area contributed by atoms with Crippen molar-refractivity contribution < 1.29 is 18.3 Å². The van der Waals surface area contributed by atoms with Crippen LogP contribution in [0.15, 0.2) is 48.5 Å². The number of anilines is 1. The first kappa shape index (κ1) is 13.5. The van der Waals surface area contributed by atoms with Crippen LogP contribution in [0.5, 0.6) is 5.75 Å². The fourth-order valence-corrected chi connectivity index (χ4v) is 2.54. The van der Waals surface area contributed by atoms with Crippen LogP contribution in [0.4, 0.5) is 14.5 Å². The van der Waals surface area contributed by atoms with Crippen LogP contribution in [0, 0.1) is 0 Å². The summed E-state index contributed by atoms with van der Waals surface area (Å²) >= 11 is 0. The minimum atomic E-state index is -2.95. The molecule has 0 unspecified atom stereocenters. The van der Waals surface area contributed by atoms with Crippen molar-refractivity contribution in [2.24, 2.45) is 0 Å². The van der Waals surface area contributed by atoms with Gasteiger partial charge in [-0.1, -0.05) is 30.3 Å². The van der Waals surface area contributed by atoms with E-state index in [0.29, 0.717) is 6.54 Å². The molecule has 0 aromatic heterocycles. The van der Waals surface area contributed by atoms with E-state index < -0.39 is 6.61 Å². The van der Waals surface area contributed by atoms with Crippen LogP contribution in [0.1, 0.15) is 15.9 Å². The van der Waals surface area contributed by atoms with Crippen molar-refractivity contribution in [2.75, 3.05) is 11.4 Å². The lowest BCUT2D eigenvalue weighted by atomic mass is 10.1. The fraction of sp³-hybridized carbons (Fsp3) is 0.188. The number of para-hydroxylation sites is 2. The maximum Gasteiger partial charge on any atom is 0.387 e. The second-order valence-electron chi connectivity index (χ2n) is 4.71. The number of hydrogen-bond donors (Lipinski definition) is 0. The van der Waals surface area contributed by atoms with Gasteiger partial charge in [0, 0.05) is 12.2 Å². The van der Waals surface area contributed by atoms with E-state index in [1.807, 2.05) is 24.3 Å². The summed E-state index contributed by atoms with van der Waals surface area (Å²) in [7, 11) is 0. The molecule has 1 heterocycles. The number of ether oxygens (including phenoxy) is 1. The van der Waals surface area contributed by atoms with Crippen LogP contribution < -0.4 is 9.64 Å². The molecule has 0 saturated heterocycles. The molecule has 21 heavy (non-hydrogen) atoms. The van der Waals surface area contributed by atoms with E-state index in [1.165, 1.54) is 12.1 Å². The van der Waals surface area contributed by atoms with Gasteiger partial charge in [0.05, 0.1) is 5.56 Å². The molecule has 1 amide bonds. The van der Waals surface area contributed by atoms with Crippen LogP contribution in [-0.2, 0) is 6.42 Å². The first-order valence-electron chi connectivity index (χ1n) is 6.60. The molecule has 0 atom stereocenters. The van der Waals surface area contributed by atoms with Gasteiger partial charge >= 0.3 is 6.61 Å². The van der Waals surface area contributed by atoms with Gasteiger partial charge in [-0.3, -0.25) is 4.79 Å². The van der Waals surface area contributed by atoms with E-state index in [4.69, 9.17) is 0 Å². The first-order valence-corrected chi connectivity index (χ1v) is 6.60. The second-order valence-corrected chi connectivity index (χ2v) is 4.71. The number of hydrogen-bond acceptors (Lipinski definition) is 2. The van der Waals surface area contributed by atoms with Crippen LogP contribution in [0.3, 0.4) is 0 Å². The molecule has 3 nitrogen and oxygen atoms in total. The maximum atomic E-state index is 12.6. The van der Waals surface area contributed by atoms with Crippen LogP contribution in [0.2, 0.25) is 0 Å². The SMILES string of the molecule is O=C(c1ccccc1OC(F)F)N1CCc2ccccc21. The number of rotatable bonds is 3. The summed E-state index contributed by atoms with van der Waals surface area (Å²) in [5, 5.41) is 0. The lowest BCUT2D eigenvalue weighted by Crippen LogP contribution is -2.29. The molecule has 0 radical (unpaired) electrons. The summed E-state index contributed by atoms with van der Waals surface area (Å²) in [5.41, 5.74) is 2.06. The average Bonchev–Trinajstić information content (AvgIpc) is 2.90. The Kier molecular flexibility index (Phi) is 3.56. The Morgan fingerprint density at radius 2 is 1.81 bits per heavy atom. The lowest BCUT2D eigenvalue weighted by Gasteiger charge is -2.19. The zero-order valence-electron chi connectivity index (χ0n) is 11.1.